The number of aryl methyl sites for hydroxylation is 1. The molecule has 5 heteroatoms. The molecule has 3 fully saturated rings. The fourth-order valence-corrected chi connectivity index (χ4v) is 4.50. The highest BCUT2D eigenvalue weighted by molar-refractivity contribution is 9.10. The summed E-state index contributed by atoms with van der Waals surface area (Å²) in [5.74, 6) is 2.58. The van der Waals surface area contributed by atoms with Gasteiger partial charge >= 0.3 is 0 Å². The van der Waals surface area contributed by atoms with Gasteiger partial charge < -0.3 is 9.47 Å². The monoisotopic (exact) mass is 367 g/mol. The van der Waals surface area contributed by atoms with E-state index in [0.29, 0.717) is 11.9 Å². The van der Waals surface area contributed by atoms with Gasteiger partial charge in [-0.3, -0.25) is 0 Å². The number of benzene rings is 1. The number of imidazole rings is 1. The normalized spacial score (nSPS) is 28.4. The van der Waals surface area contributed by atoms with E-state index in [9.17, 15) is 0 Å². The van der Waals surface area contributed by atoms with Crippen molar-refractivity contribution in [3.63, 3.8) is 0 Å². The number of alkyl halides is 1. The number of halogens is 2. The number of fused-ring (bicyclic) bond motifs is 4. The largest absolute Gasteiger partial charge is 0.323 e. The highest BCUT2D eigenvalue weighted by Gasteiger charge is 2.36. The van der Waals surface area contributed by atoms with E-state index in [0.717, 1.165) is 28.2 Å². The highest BCUT2D eigenvalue weighted by Crippen LogP contribution is 2.38. The molecule has 3 aliphatic heterocycles. The summed E-state index contributed by atoms with van der Waals surface area (Å²) in [7, 11) is 0. The molecule has 3 aliphatic rings. The molecular formula is C16H19BrClN3. The van der Waals surface area contributed by atoms with Crippen LogP contribution in [0.25, 0.3) is 11.0 Å². The van der Waals surface area contributed by atoms with Crippen LogP contribution in [0.1, 0.15) is 24.7 Å². The topological polar surface area (TPSA) is 21.1 Å². The number of piperidine rings is 3. The molecule has 1 atom stereocenters. The fourth-order valence-electron chi connectivity index (χ4n) is 3.98. The second-order valence-corrected chi connectivity index (χ2v) is 7.47. The van der Waals surface area contributed by atoms with E-state index in [4.69, 9.17) is 16.6 Å². The summed E-state index contributed by atoms with van der Waals surface area (Å²) in [6, 6.07) is 7.00. The second-order valence-electron chi connectivity index (χ2n) is 6.18. The van der Waals surface area contributed by atoms with Gasteiger partial charge in [0.15, 0.2) is 0 Å². The quantitative estimate of drug-likeness (QED) is 0.767. The molecule has 2 bridgehead atoms. The summed E-state index contributed by atoms with van der Waals surface area (Å²) < 4.78 is 3.58. The van der Waals surface area contributed by atoms with Crippen molar-refractivity contribution in [1.82, 2.24) is 14.5 Å². The first kappa shape index (κ1) is 14.0. The maximum absolute atomic E-state index is 6.01. The Labute approximate surface area is 138 Å². The smallest absolute Gasteiger partial charge is 0.111 e. The van der Waals surface area contributed by atoms with Crippen LogP contribution < -0.4 is 0 Å². The molecule has 0 amide bonds. The van der Waals surface area contributed by atoms with Crippen LogP contribution in [-0.2, 0) is 6.42 Å². The van der Waals surface area contributed by atoms with E-state index >= 15 is 0 Å². The molecule has 3 nitrogen and oxygen atoms in total. The van der Waals surface area contributed by atoms with Crippen LogP contribution in [0.4, 0.5) is 0 Å². The van der Waals surface area contributed by atoms with E-state index < -0.39 is 0 Å². The van der Waals surface area contributed by atoms with Gasteiger partial charge in [0.25, 0.3) is 0 Å². The van der Waals surface area contributed by atoms with Crippen LogP contribution in [0.5, 0.6) is 0 Å². The minimum absolute atomic E-state index is 0.567. The average Bonchev–Trinajstić information content (AvgIpc) is 2.85. The van der Waals surface area contributed by atoms with Crippen molar-refractivity contribution in [2.75, 3.05) is 25.5 Å². The Balaban J connectivity index is 1.83. The maximum atomic E-state index is 6.01. The average molecular weight is 369 g/mol. The molecule has 0 saturated carbocycles. The number of hydrogen-bond donors (Lipinski definition) is 0. The van der Waals surface area contributed by atoms with Gasteiger partial charge in [0.1, 0.15) is 5.82 Å². The Morgan fingerprint density at radius 1 is 1.29 bits per heavy atom. The number of nitrogens with zero attached hydrogens (tertiary/aromatic N) is 3. The van der Waals surface area contributed by atoms with Gasteiger partial charge in [-0.05, 0) is 50.0 Å². The van der Waals surface area contributed by atoms with Gasteiger partial charge in [-0.15, -0.1) is 11.6 Å². The summed E-state index contributed by atoms with van der Waals surface area (Å²) in [5.41, 5.74) is 2.35. The first-order valence-corrected chi connectivity index (χ1v) is 9.03. The summed E-state index contributed by atoms with van der Waals surface area (Å²) >= 11 is 9.56. The van der Waals surface area contributed by atoms with E-state index in [1.54, 1.807) is 0 Å². The molecule has 0 spiro atoms. The summed E-state index contributed by atoms with van der Waals surface area (Å²) in [6.45, 7) is 3.70. The maximum Gasteiger partial charge on any atom is 0.111 e. The Morgan fingerprint density at radius 3 is 2.76 bits per heavy atom. The zero-order chi connectivity index (χ0) is 14.4. The van der Waals surface area contributed by atoms with Crippen molar-refractivity contribution >= 4 is 38.6 Å². The summed E-state index contributed by atoms with van der Waals surface area (Å²) in [6.07, 6.45) is 3.49. The number of hydrogen-bond acceptors (Lipinski definition) is 2. The molecule has 3 saturated heterocycles. The summed E-state index contributed by atoms with van der Waals surface area (Å²) in [4.78, 5) is 7.45. The van der Waals surface area contributed by atoms with E-state index in [1.807, 2.05) is 0 Å². The van der Waals surface area contributed by atoms with Crippen LogP contribution in [0.15, 0.2) is 22.7 Å². The molecule has 0 aliphatic carbocycles. The fraction of sp³-hybridized carbons (Fsp3) is 0.562. The van der Waals surface area contributed by atoms with Crippen molar-refractivity contribution in [3.05, 3.63) is 28.5 Å². The Hall–Kier alpha value is -0.580. The highest BCUT2D eigenvalue weighted by atomic mass is 79.9. The van der Waals surface area contributed by atoms with Gasteiger partial charge in [-0.2, -0.15) is 0 Å². The standard InChI is InChI=1S/C16H19BrClN3/c17-12-1-2-14-13(9-12)19-16(3-6-18)21(14)15-10-20-7-4-11(15)5-8-20/h1-2,9,11,15H,3-8,10H2. The lowest BCUT2D eigenvalue weighted by Crippen LogP contribution is -2.48. The molecule has 1 aromatic carbocycles. The molecule has 4 heterocycles. The molecule has 0 radical (unpaired) electrons. The molecule has 21 heavy (non-hydrogen) atoms. The third-order valence-electron chi connectivity index (χ3n) is 5.00. The molecular weight excluding hydrogens is 350 g/mol. The van der Waals surface area contributed by atoms with Gasteiger partial charge in [-0.25, -0.2) is 4.98 Å². The van der Waals surface area contributed by atoms with Crippen LogP contribution >= 0.6 is 27.5 Å². The third kappa shape index (κ3) is 2.41. The summed E-state index contributed by atoms with van der Waals surface area (Å²) in [5, 5.41) is 0. The van der Waals surface area contributed by atoms with Crippen molar-refractivity contribution in [2.45, 2.75) is 25.3 Å². The second kappa shape index (κ2) is 5.56. The SMILES string of the molecule is ClCCc1nc2cc(Br)ccc2n1C1CN2CCC1CC2. The van der Waals surface area contributed by atoms with E-state index in [1.165, 1.54) is 38.0 Å². The predicted octanol–water partition coefficient (Wildman–Crippen LogP) is 3.85. The number of aromatic nitrogens is 2. The lowest BCUT2D eigenvalue weighted by atomic mass is 9.83. The molecule has 0 N–H and O–H groups in total. The number of rotatable bonds is 3. The van der Waals surface area contributed by atoms with Crippen LogP contribution in [0, 0.1) is 5.92 Å². The van der Waals surface area contributed by atoms with Crippen molar-refractivity contribution in [2.24, 2.45) is 5.92 Å². The minimum Gasteiger partial charge on any atom is -0.323 e. The van der Waals surface area contributed by atoms with Crippen LogP contribution in [0.3, 0.4) is 0 Å². The molecule has 2 aromatic rings. The Bertz CT molecular complexity index is 661. The lowest BCUT2D eigenvalue weighted by molar-refractivity contribution is 0.0576. The Morgan fingerprint density at radius 2 is 2.10 bits per heavy atom. The van der Waals surface area contributed by atoms with Gasteiger partial charge in [0.2, 0.25) is 0 Å². The molecule has 1 unspecified atom stereocenters. The van der Waals surface area contributed by atoms with Crippen molar-refractivity contribution < 1.29 is 0 Å². The lowest BCUT2D eigenvalue weighted by Gasteiger charge is -2.45. The van der Waals surface area contributed by atoms with E-state index in [2.05, 4.69) is 43.6 Å². The van der Waals surface area contributed by atoms with Crippen LogP contribution in [-0.4, -0.2) is 40.0 Å². The predicted molar refractivity (Wildman–Crippen MR) is 90.1 cm³/mol. The molecule has 112 valence electrons. The zero-order valence-corrected chi connectivity index (χ0v) is 14.3. The third-order valence-corrected chi connectivity index (χ3v) is 5.68. The van der Waals surface area contributed by atoms with Gasteiger partial charge in [0, 0.05) is 23.3 Å². The zero-order valence-electron chi connectivity index (χ0n) is 11.9. The first-order valence-electron chi connectivity index (χ1n) is 7.71. The van der Waals surface area contributed by atoms with Crippen molar-refractivity contribution in [1.29, 1.82) is 0 Å². The Kier molecular flexibility index (Phi) is 3.72. The van der Waals surface area contributed by atoms with Gasteiger partial charge in [-0.1, -0.05) is 15.9 Å². The minimum atomic E-state index is 0.567. The van der Waals surface area contributed by atoms with Crippen molar-refractivity contribution in [3.8, 4) is 0 Å². The first-order chi connectivity index (χ1) is 10.3. The molecule has 1 aromatic heterocycles. The van der Waals surface area contributed by atoms with E-state index in [-0.39, 0.29) is 0 Å². The molecule has 5 rings (SSSR count). The van der Waals surface area contributed by atoms with Crippen LogP contribution in [0.2, 0.25) is 0 Å². The van der Waals surface area contributed by atoms with Gasteiger partial charge in [0.05, 0.1) is 17.1 Å².